The molecule has 18 heavy (non-hydrogen) atoms. The standard InChI is InChI=1S/C13H11BrFNOS/c1-8-7-18-12(16-8)6-10(17)5-9-3-2-4-11(15)13(9)14/h2-4,7H,5-6H2,1H3. The maximum Gasteiger partial charge on any atom is 0.144 e. The van der Waals surface area contributed by atoms with E-state index in [0.717, 1.165) is 10.7 Å². The van der Waals surface area contributed by atoms with Gasteiger partial charge in [-0.3, -0.25) is 4.79 Å². The highest BCUT2D eigenvalue weighted by Gasteiger charge is 2.12. The van der Waals surface area contributed by atoms with Gasteiger partial charge in [-0.1, -0.05) is 12.1 Å². The first-order chi connectivity index (χ1) is 8.56. The second kappa shape index (κ2) is 5.71. The van der Waals surface area contributed by atoms with Crippen molar-refractivity contribution in [1.82, 2.24) is 4.98 Å². The van der Waals surface area contributed by atoms with Crippen molar-refractivity contribution in [3.8, 4) is 0 Å². The zero-order valence-corrected chi connectivity index (χ0v) is 12.1. The molecule has 5 heteroatoms. The number of Topliss-reactive ketones (excluding diaryl/α,β-unsaturated/α-hetero) is 1. The average molecular weight is 328 g/mol. The van der Waals surface area contributed by atoms with Crippen LogP contribution in [0.1, 0.15) is 16.3 Å². The Labute approximate surface area is 117 Å². The second-order valence-electron chi connectivity index (χ2n) is 3.99. The number of aryl methyl sites for hydroxylation is 1. The van der Waals surface area contributed by atoms with Gasteiger partial charge in [0.05, 0.1) is 10.9 Å². The summed E-state index contributed by atoms with van der Waals surface area (Å²) >= 11 is 4.64. The number of nitrogens with zero attached hydrogens (tertiary/aromatic N) is 1. The van der Waals surface area contributed by atoms with E-state index >= 15 is 0 Å². The van der Waals surface area contributed by atoms with E-state index in [9.17, 15) is 9.18 Å². The molecule has 0 N–H and O–H groups in total. The molecule has 1 heterocycles. The first-order valence-corrected chi connectivity index (χ1v) is 7.09. The molecule has 0 bridgehead atoms. The van der Waals surface area contributed by atoms with E-state index in [1.807, 2.05) is 12.3 Å². The predicted molar refractivity (Wildman–Crippen MR) is 73.4 cm³/mol. The highest BCUT2D eigenvalue weighted by atomic mass is 79.9. The van der Waals surface area contributed by atoms with Crippen molar-refractivity contribution in [2.75, 3.05) is 0 Å². The van der Waals surface area contributed by atoms with Crippen LogP contribution in [0.2, 0.25) is 0 Å². The number of carbonyl (C=O) groups is 1. The molecule has 94 valence electrons. The lowest BCUT2D eigenvalue weighted by molar-refractivity contribution is -0.117. The van der Waals surface area contributed by atoms with Gasteiger partial charge in [-0.25, -0.2) is 9.37 Å². The zero-order valence-electron chi connectivity index (χ0n) is 9.74. The Hall–Kier alpha value is -1.07. The summed E-state index contributed by atoms with van der Waals surface area (Å²) < 4.78 is 13.7. The lowest BCUT2D eigenvalue weighted by atomic mass is 10.1. The van der Waals surface area contributed by atoms with E-state index in [2.05, 4.69) is 20.9 Å². The summed E-state index contributed by atoms with van der Waals surface area (Å²) in [5.74, 6) is -0.305. The number of ketones is 1. The average Bonchev–Trinajstić information content (AvgIpc) is 2.70. The van der Waals surface area contributed by atoms with Crippen LogP contribution < -0.4 is 0 Å². The van der Waals surface area contributed by atoms with Crippen molar-refractivity contribution >= 4 is 33.0 Å². The molecule has 0 aliphatic carbocycles. The van der Waals surface area contributed by atoms with Crippen LogP contribution in [0, 0.1) is 12.7 Å². The van der Waals surface area contributed by atoms with Crippen LogP contribution in [-0.2, 0) is 17.6 Å². The Morgan fingerprint density at radius 3 is 2.89 bits per heavy atom. The zero-order chi connectivity index (χ0) is 13.1. The second-order valence-corrected chi connectivity index (χ2v) is 5.72. The molecule has 0 radical (unpaired) electrons. The molecule has 0 amide bonds. The highest BCUT2D eigenvalue weighted by molar-refractivity contribution is 9.10. The van der Waals surface area contributed by atoms with Crippen LogP contribution >= 0.6 is 27.3 Å². The largest absolute Gasteiger partial charge is 0.299 e. The smallest absolute Gasteiger partial charge is 0.144 e. The lowest BCUT2D eigenvalue weighted by Gasteiger charge is -2.03. The molecule has 1 aromatic heterocycles. The van der Waals surface area contributed by atoms with Crippen molar-refractivity contribution in [3.63, 3.8) is 0 Å². The highest BCUT2D eigenvalue weighted by Crippen LogP contribution is 2.21. The molecule has 0 unspecified atom stereocenters. The Bertz CT molecular complexity index is 582. The van der Waals surface area contributed by atoms with E-state index in [-0.39, 0.29) is 18.0 Å². The normalized spacial score (nSPS) is 10.6. The molecule has 0 spiro atoms. The van der Waals surface area contributed by atoms with Gasteiger partial charge in [-0.05, 0) is 34.5 Å². The number of rotatable bonds is 4. The molecule has 0 aliphatic heterocycles. The van der Waals surface area contributed by atoms with Gasteiger partial charge >= 0.3 is 0 Å². The van der Waals surface area contributed by atoms with Gasteiger partial charge in [0.25, 0.3) is 0 Å². The van der Waals surface area contributed by atoms with Crippen LogP contribution in [0.5, 0.6) is 0 Å². The van der Waals surface area contributed by atoms with E-state index in [1.165, 1.54) is 17.4 Å². The topological polar surface area (TPSA) is 30.0 Å². The maximum atomic E-state index is 13.3. The summed E-state index contributed by atoms with van der Waals surface area (Å²) in [6.07, 6.45) is 0.526. The molecule has 2 rings (SSSR count). The third kappa shape index (κ3) is 3.23. The minimum absolute atomic E-state index is 0.0376. The van der Waals surface area contributed by atoms with Gasteiger partial charge in [-0.2, -0.15) is 0 Å². The molecule has 0 aliphatic rings. The molecule has 2 nitrogen and oxygen atoms in total. The Balaban J connectivity index is 2.05. The Morgan fingerprint density at radius 1 is 1.44 bits per heavy atom. The van der Waals surface area contributed by atoms with Crippen molar-refractivity contribution < 1.29 is 9.18 Å². The fourth-order valence-electron chi connectivity index (χ4n) is 1.61. The lowest BCUT2D eigenvalue weighted by Crippen LogP contribution is -2.07. The van der Waals surface area contributed by atoms with E-state index in [1.54, 1.807) is 12.1 Å². The first-order valence-electron chi connectivity index (χ1n) is 5.42. The van der Waals surface area contributed by atoms with Crippen molar-refractivity contribution in [3.05, 3.63) is 50.1 Å². The number of halogens is 2. The van der Waals surface area contributed by atoms with Crippen molar-refractivity contribution in [2.24, 2.45) is 0 Å². The summed E-state index contributed by atoms with van der Waals surface area (Å²) in [5, 5.41) is 2.73. The fraction of sp³-hybridized carbons (Fsp3) is 0.231. The van der Waals surface area contributed by atoms with Crippen LogP contribution in [0.3, 0.4) is 0 Å². The maximum absolute atomic E-state index is 13.3. The number of hydrogen-bond acceptors (Lipinski definition) is 3. The minimum atomic E-state index is -0.342. The van der Waals surface area contributed by atoms with Gasteiger partial charge < -0.3 is 0 Å². The number of benzene rings is 1. The van der Waals surface area contributed by atoms with Gasteiger partial charge in [0.2, 0.25) is 0 Å². The molecular weight excluding hydrogens is 317 g/mol. The van der Waals surface area contributed by atoms with Gasteiger partial charge in [-0.15, -0.1) is 11.3 Å². The third-order valence-corrected chi connectivity index (χ3v) is 4.29. The molecule has 0 saturated carbocycles. The van der Waals surface area contributed by atoms with Gasteiger partial charge in [0.15, 0.2) is 0 Å². The summed E-state index contributed by atoms with van der Waals surface area (Å²) in [7, 11) is 0. The number of aromatic nitrogens is 1. The summed E-state index contributed by atoms with van der Waals surface area (Å²) in [6.45, 7) is 1.90. The molecular formula is C13H11BrFNOS. The monoisotopic (exact) mass is 327 g/mol. The van der Waals surface area contributed by atoms with Gasteiger partial charge in [0.1, 0.15) is 16.6 Å². The van der Waals surface area contributed by atoms with E-state index < -0.39 is 0 Å². The fourth-order valence-corrected chi connectivity index (χ4v) is 2.82. The summed E-state index contributed by atoms with van der Waals surface area (Å²) in [4.78, 5) is 16.1. The third-order valence-electron chi connectivity index (χ3n) is 2.43. The number of carbonyl (C=O) groups excluding carboxylic acids is 1. The Kier molecular flexibility index (Phi) is 4.24. The van der Waals surface area contributed by atoms with Crippen LogP contribution in [0.4, 0.5) is 4.39 Å². The van der Waals surface area contributed by atoms with E-state index in [0.29, 0.717) is 16.5 Å². The van der Waals surface area contributed by atoms with Crippen molar-refractivity contribution in [2.45, 2.75) is 19.8 Å². The van der Waals surface area contributed by atoms with Crippen LogP contribution in [-0.4, -0.2) is 10.8 Å². The molecule has 0 saturated heterocycles. The molecule has 2 aromatic rings. The van der Waals surface area contributed by atoms with Crippen molar-refractivity contribution in [1.29, 1.82) is 0 Å². The molecule has 0 fully saturated rings. The predicted octanol–water partition coefficient (Wildman–Crippen LogP) is 3.71. The minimum Gasteiger partial charge on any atom is -0.299 e. The quantitative estimate of drug-likeness (QED) is 0.856. The Morgan fingerprint density at radius 2 is 2.22 bits per heavy atom. The van der Waals surface area contributed by atoms with Crippen LogP contribution in [0.25, 0.3) is 0 Å². The van der Waals surface area contributed by atoms with Crippen LogP contribution in [0.15, 0.2) is 28.1 Å². The summed E-state index contributed by atoms with van der Waals surface area (Å²) in [5.41, 5.74) is 1.60. The SMILES string of the molecule is Cc1csc(CC(=O)Cc2cccc(F)c2Br)n1. The molecule has 0 atom stereocenters. The molecule has 1 aromatic carbocycles. The number of thiazole rings is 1. The first kappa shape index (κ1) is 13.4. The number of hydrogen-bond donors (Lipinski definition) is 0. The van der Waals surface area contributed by atoms with E-state index in [4.69, 9.17) is 0 Å². The van der Waals surface area contributed by atoms with Gasteiger partial charge in [0, 0.05) is 17.5 Å². The summed E-state index contributed by atoms with van der Waals surface area (Å²) in [6, 6.07) is 4.72.